The molecule has 0 aromatic heterocycles. The average Bonchev–Trinajstić information content (AvgIpc) is 2.32. The summed E-state index contributed by atoms with van der Waals surface area (Å²) in [4.78, 5) is 11.8. The van der Waals surface area contributed by atoms with E-state index in [1.54, 1.807) is 0 Å². The Bertz CT molecular complexity index is 404. The van der Waals surface area contributed by atoms with Crippen LogP contribution in [0.25, 0.3) is 0 Å². The first-order valence-electron chi connectivity index (χ1n) is 5.42. The van der Waals surface area contributed by atoms with Gasteiger partial charge in [-0.3, -0.25) is 4.79 Å². The number of halogens is 1. The van der Waals surface area contributed by atoms with E-state index in [0.29, 0.717) is 18.7 Å². The largest absolute Gasteiger partial charge is 0.502 e. The molecule has 92 valence electrons. The van der Waals surface area contributed by atoms with Gasteiger partial charge in [-0.2, -0.15) is 0 Å². The molecular weight excluding hydrogens is 282 g/mol. The number of carbonyl (C=O) groups is 1. The zero-order chi connectivity index (χ0) is 12.7. The Hall–Kier alpha value is -1.29. The van der Waals surface area contributed by atoms with Gasteiger partial charge in [0.1, 0.15) is 0 Å². The number of ether oxygens (including phenoxy) is 1. The maximum atomic E-state index is 11.8. The van der Waals surface area contributed by atoms with Crippen molar-refractivity contribution in [1.29, 1.82) is 0 Å². The lowest BCUT2D eigenvalue weighted by Gasteiger charge is -2.07. The second-order valence-corrected chi connectivity index (χ2v) is 4.48. The third kappa shape index (κ3) is 4.61. The van der Waals surface area contributed by atoms with Crippen LogP contribution in [0.2, 0.25) is 0 Å². The number of rotatable bonds is 6. The SMILES string of the molecule is C=COCCCNC(=O)c1cc(C)ccc1Br. The van der Waals surface area contributed by atoms with Crippen LogP contribution in [0.1, 0.15) is 22.3 Å². The summed E-state index contributed by atoms with van der Waals surface area (Å²) in [7, 11) is 0. The lowest BCUT2D eigenvalue weighted by Crippen LogP contribution is -2.25. The summed E-state index contributed by atoms with van der Waals surface area (Å²) in [6.07, 6.45) is 2.17. The van der Waals surface area contributed by atoms with Gasteiger partial charge in [-0.05, 0) is 41.4 Å². The quantitative estimate of drug-likeness (QED) is 0.647. The van der Waals surface area contributed by atoms with Crippen molar-refractivity contribution in [1.82, 2.24) is 5.32 Å². The first-order valence-corrected chi connectivity index (χ1v) is 6.21. The molecule has 17 heavy (non-hydrogen) atoms. The fourth-order valence-electron chi connectivity index (χ4n) is 1.35. The molecule has 0 bridgehead atoms. The smallest absolute Gasteiger partial charge is 0.252 e. The Morgan fingerprint density at radius 1 is 1.59 bits per heavy atom. The van der Waals surface area contributed by atoms with Crippen molar-refractivity contribution < 1.29 is 9.53 Å². The Morgan fingerprint density at radius 2 is 2.35 bits per heavy atom. The van der Waals surface area contributed by atoms with E-state index in [1.165, 1.54) is 6.26 Å². The molecule has 1 aromatic carbocycles. The molecule has 0 aliphatic heterocycles. The van der Waals surface area contributed by atoms with Gasteiger partial charge in [0.05, 0.1) is 18.4 Å². The molecule has 0 saturated carbocycles. The molecule has 1 rings (SSSR count). The fourth-order valence-corrected chi connectivity index (χ4v) is 1.78. The van der Waals surface area contributed by atoms with Crippen LogP contribution in [0.4, 0.5) is 0 Å². The van der Waals surface area contributed by atoms with E-state index >= 15 is 0 Å². The Kier molecular flexibility index (Phi) is 5.77. The van der Waals surface area contributed by atoms with Crippen LogP contribution in [0.15, 0.2) is 35.5 Å². The molecule has 0 radical (unpaired) electrons. The monoisotopic (exact) mass is 297 g/mol. The van der Waals surface area contributed by atoms with E-state index in [4.69, 9.17) is 4.74 Å². The fraction of sp³-hybridized carbons (Fsp3) is 0.308. The predicted octanol–water partition coefficient (Wildman–Crippen LogP) is 3.04. The van der Waals surface area contributed by atoms with Crippen LogP contribution >= 0.6 is 15.9 Å². The van der Waals surface area contributed by atoms with Gasteiger partial charge in [0.2, 0.25) is 0 Å². The molecule has 0 atom stereocenters. The van der Waals surface area contributed by atoms with Crippen LogP contribution in [0, 0.1) is 6.92 Å². The van der Waals surface area contributed by atoms with Gasteiger partial charge in [0, 0.05) is 11.0 Å². The zero-order valence-electron chi connectivity index (χ0n) is 9.83. The lowest BCUT2D eigenvalue weighted by atomic mass is 10.1. The molecule has 3 nitrogen and oxygen atoms in total. The van der Waals surface area contributed by atoms with Crippen molar-refractivity contribution in [2.45, 2.75) is 13.3 Å². The van der Waals surface area contributed by atoms with Gasteiger partial charge in [-0.1, -0.05) is 18.2 Å². The van der Waals surface area contributed by atoms with Crippen LogP contribution < -0.4 is 5.32 Å². The number of hydrogen-bond donors (Lipinski definition) is 1. The molecule has 1 amide bonds. The van der Waals surface area contributed by atoms with Crippen molar-refractivity contribution in [3.63, 3.8) is 0 Å². The zero-order valence-corrected chi connectivity index (χ0v) is 11.4. The normalized spacial score (nSPS) is 9.76. The number of nitrogens with one attached hydrogen (secondary N) is 1. The van der Waals surface area contributed by atoms with E-state index in [-0.39, 0.29) is 5.91 Å². The van der Waals surface area contributed by atoms with Crippen LogP contribution in [-0.4, -0.2) is 19.1 Å². The summed E-state index contributed by atoms with van der Waals surface area (Å²) >= 11 is 3.37. The summed E-state index contributed by atoms with van der Waals surface area (Å²) in [5.74, 6) is -0.0702. The lowest BCUT2D eigenvalue weighted by molar-refractivity contribution is 0.0949. The van der Waals surface area contributed by atoms with Crippen LogP contribution in [-0.2, 0) is 4.74 Å². The van der Waals surface area contributed by atoms with Crippen molar-refractivity contribution in [2.75, 3.05) is 13.2 Å². The Morgan fingerprint density at radius 3 is 3.06 bits per heavy atom. The highest BCUT2D eigenvalue weighted by Crippen LogP contribution is 2.17. The van der Waals surface area contributed by atoms with Crippen molar-refractivity contribution in [2.24, 2.45) is 0 Å². The highest BCUT2D eigenvalue weighted by Gasteiger charge is 2.09. The number of benzene rings is 1. The van der Waals surface area contributed by atoms with E-state index in [9.17, 15) is 4.79 Å². The maximum absolute atomic E-state index is 11.8. The summed E-state index contributed by atoms with van der Waals surface area (Å²) in [6, 6.07) is 5.70. The standard InChI is InChI=1S/C13H16BrNO2/c1-3-17-8-4-7-15-13(16)11-9-10(2)5-6-12(11)14/h3,5-6,9H,1,4,7-8H2,2H3,(H,15,16). The summed E-state index contributed by atoms with van der Waals surface area (Å²) in [5.41, 5.74) is 1.72. The second-order valence-electron chi connectivity index (χ2n) is 3.63. The van der Waals surface area contributed by atoms with E-state index < -0.39 is 0 Å². The highest BCUT2D eigenvalue weighted by molar-refractivity contribution is 9.10. The first-order chi connectivity index (χ1) is 8.15. The van der Waals surface area contributed by atoms with Gasteiger partial charge in [-0.25, -0.2) is 0 Å². The summed E-state index contributed by atoms with van der Waals surface area (Å²) < 4.78 is 5.78. The topological polar surface area (TPSA) is 38.3 Å². The third-order valence-corrected chi connectivity index (χ3v) is 2.90. The highest BCUT2D eigenvalue weighted by atomic mass is 79.9. The molecule has 1 aromatic rings. The van der Waals surface area contributed by atoms with Crippen LogP contribution in [0.5, 0.6) is 0 Å². The van der Waals surface area contributed by atoms with E-state index in [0.717, 1.165) is 16.5 Å². The van der Waals surface area contributed by atoms with Gasteiger partial charge < -0.3 is 10.1 Å². The molecule has 4 heteroatoms. The van der Waals surface area contributed by atoms with Gasteiger partial charge in [-0.15, -0.1) is 0 Å². The summed E-state index contributed by atoms with van der Waals surface area (Å²) in [6.45, 7) is 6.56. The van der Waals surface area contributed by atoms with Crippen molar-refractivity contribution in [3.8, 4) is 0 Å². The first kappa shape index (κ1) is 13.8. The van der Waals surface area contributed by atoms with Crippen LogP contribution in [0.3, 0.4) is 0 Å². The Balaban J connectivity index is 2.46. The Labute approximate surface area is 110 Å². The van der Waals surface area contributed by atoms with Crippen molar-refractivity contribution in [3.05, 3.63) is 46.6 Å². The molecule has 0 saturated heterocycles. The molecule has 0 fully saturated rings. The number of hydrogen-bond acceptors (Lipinski definition) is 2. The molecule has 1 N–H and O–H groups in total. The van der Waals surface area contributed by atoms with Gasteiger partial charge in [0.15, 0.2) is 0 Å². The van der Waals surface area contributed by atoms with Crippen molar-refractivity contribution >= 4 is 21.8 Å². The molecule has 0 heterocycles. The number of amides is 1. The minimum absolute atomic E-state index is 0.0702. The van der Waals surface area contributed by atoms with E-state index in [2.05, 4.69) is 27.8 Å². The summed E-state index contributed by atoms with van der Waals surface area (Å²) in [5, 5.41) is 2.84. The minimum atomic E-state index is -0.0702. The predicted molar refractivity (Wildman–Crippen MR) is 72.0 cm³/mol. The van der Waals surface area contributed by atoms with Gasteiger partial charge in [0.25, 0.3) is 5.91 Å². The minimum Gasteiger partial charge on any atom is -0.502 e. The maximum Gasteiger partial charge on any atom is 0.252 e. The molecule has 0 aliphatic carbocycles. The molecule has 0 spiro atoms. The van der Waals surface area contributed by atoms with Gasteiger partial charge >= 0.3 is 0 Å². The van der Waals surface area contributed by atoms with E-state index in [1.807, 2.05) is 25.1 Å². The third-order valence-electron chi connectivity index (χ3n) is 2.21. The number of carbonyl (C=O) groups excluding carboxylic acids is 1. The average molecular weight is 298 g/mol. The molecule has 0 aliphatic rings. The second kappa shape index (κ2) is 7.12. The number of aryl methyl sites for hydroxylation is 1. The molecule has 0 unspecified atom stereocenters. The molecular formula is C13H16BrNO2.